The summed E-state index contributed by atoms with van der Waals surface area (Å²) in [5, 5.41) is 8.16. The molecule has 1 amide bonds. The van der Waals surface area contributed by atoms with Crippen molar-refractivity contribution in [2.75, 3.05) is 13.1 Å². The minimum Gasteiger partial charge on any atom is -0.444 e. The maximum atomic E-state index is 13.0. The van der Waals surface area contributed by atoms with Gasteiger partial charge < -0.3 is 9.64 Å². The standard InChI is InChI=1S/C21H22N4O3/c1-2-25-18-11-10-16(14-17(18)22-23-25)21(27)28-19(15-8-4-3-5-9-15)20(26)24-12-6-7-13-24/h3-5,8-11,14,19H,2,6-7,12-13H2,1H3/t19-/m0/s1. The van der Waals surface area contributed by atoms with Gasteiger partial charge in [-0.3, -0.25) is 4.79 Å². The molecular formula is C21H22N4O3. The number of hydrogen-bond acceptors (Lipinski definition) is 5. The number of esters is 1. The maximum absolute atomic E-state index is 13.0. The summed E-state index contributed by atoms with van der Waals surface area (Å²) in [5.41, 5.74) is 2.50. The fourth-order valence-corrected chi connectivity index (χ4v) is 3.50. The van der Waals surface area contributed by atoms with Gasteiger partial charge in [0, 0.05) is 25.2 Å². The van der Waals surface area contributed by atoms with Crippen molar-refractivity contribution in [1.29, 1.82) is 0 Å². The lowest BCUT2D eigenvalue weighted by atomic mass is 10.1. The van der Waals surface area contributed by atoms with Crippen LogP contribution in [0.3, 0.4) is 0 Å². The predicted octanol–water partition coefficient (Wildman–Crippen LogP) is 2.97. The Morgan fingerprint density at radius 3 is 2.57 bits per heavy atom. The number of ether oxygens (including phenoxy) is 1. The first-order chi connectivity index (χ1) is 13.7. The molecule has 0 saturated carbocycles. The number of likely N-dealkylation sites (tertiary alicyclic amines) is 1. The molecule has 1 fully saturated rings. The highest BCUT2D eigenvalue weighted by molar-refractivity contribution is 5.95. The van der Waals surface area contributed by atoms with E-state index in [9.17, 15) is 9.59 Å². The SMILES string of the molecule is CCn1nnc2cc(C(=O)O[C@H](C(=O)N3CCCC3)c3ccccc3)ccc21. The lowest BCUT2D eigenvalue weighted by Crippen LogP contribution is -2.34. The zero-order valence-corrected chi connectivity index (χ0v) is 15.7. The summed E-state index contributed by atoms with van der Waals surface area (Å²) in [4.78, 5) is 27.6. The van der Waals surface area contributed by atoms with Crippen LogP contribution in [-0.4, -0.2) is 44.9 Å². The summed E-state index contributed by atoms with van der Waals surface area (Å²) in [6, 6.07) is 14.3. The topological polar surface area (TPSA) is 77.3 Å². The fourth-order valence-electron chi connectivity index (χ4n) is 3.50. The Kier molecular flexibility index (Phi) is 5.06. The van der Waals surface area contributed by atoms with Gasteiger partial charge >= 0.3 is 5.97 Å². The van der Waals surface area contributed by atoms with Gasteiger partial charge in [-0.25, -0.2) is 9.48 Å². The lowest BCUT2D eigenvalue weighted by Gasteiger charge is -2.23. The molecule has 0 bridgehead atoms. The summed E-state index contributed by atoms with van der Waals surface area (Å²) < 4.78 is 7.45. The van der Waals surface area contributed by atoms with Crippen molar-refractivity contribution in [3.63, 3.8) is 0 Å². The Morgan fingerprint density at radius 1 is 1.11 bits per heavy atom. The van der Waals surface area contributed by atoms with E-state index in [1.807, 2.05) is 37.3 Å². The van der Waals surface area contributed by atoms with Crippen LogP contribution in [0.15, 0.2) is 48.5 Å². The normalized spacial score (nSPS) is 15.0. The van der Waals surface area contributed by atoms with Crippen molar-refractivity contribution >= 4 is 22.9 Å². The third-order valence-electron chi connectivity index (χ3n) is 5.02. The highest BCUT2D eigenvalue weighted by atomic mass is 16.5. The number of carbonyl (C=O) groups is 2. The quantitative estimate of drug-likeness (QED) is 0.638. The van der Waals surface area contributed by atoms with E-state index >= 15 is 0 Å². The van der Waals surface area contributed by atoms with Crippen molar-refractivity contribution in [2.24, 2.45) is 0 Å². The summed E-state index contributed by atoms with van der Waals surface area (Å²) in [5.74, 6) is -0.718. The summed E-state index contributed by atoms with van der Waals surface area (Å²) in [6.07, 6.45) is 1.00. The van der Waals surface area contributed by atoms with Crippen molar-refractivity contribution < 1.29 is 14.3 Å². The van der Waals surface area contributed by atoms with Crippen LogP contribution in [0.5, 0.6) is 0 Å². The number of amides is 1. The van der Waals surface area contributed by atoms with Gasteiger partial charge in [0.15, 0.2) is 0 Å². The van der Waals surface area contributed by atoms with Crippen LogP contribution in [0, 0.1) is 0 Å². The zero-order valence-electron chi connectivity index (χ0n) is 15.7. The van der Waals surface area contributed by atoms with E-state index in [4.69, 9.17) is 4.74 Å². The second kappa shape index (κ2) is 7.80. The van der Waals surface area contributed by atoms with Gasteiger partial charge in [-0.15, -0.1) is 5.10 Å². The number of nitrogens with zero attached hydrogens (tertiary/aromatic N) is 4. The van der Waals surface area contributed by atoms with E-state index < -0.39 is 12.1 Å². The Balaban J connectivity index is 1.60. The molecule has 2 heterocycles. The van der Waals surface area contributed by atoms with E-state index in [2.05, 4.69) is 10.3 Å². The fraction of sp³-hybridized carbons (Fsp3) is 0.333. The molecule has 0 unspecified atom stereocenters. The van der Waals surface area contributed by atoms with Gasteiger partial charge in [0.05, 0.1) is 11.1 Å². The van der Waals surface area contributed by atoms with Crippen LogP contribution in [0.25, 0.3) is 11.0 Å². The second-order valence-corrected chi connectivity index (χ2v) is 6.84. The molecule has 1 aliphatic rings. The molecule has 1 aliphatic heterocycles. The molecule has 0 aliphatic carbocycles. The van der Waals surface area contributed by atoms with E-state index in [1.165, 1.54) is 0 Å². The van der Waals surface area contributed by atoms with E-state index in [0.717, 1.165) is 18.4 Å². The zero-order chi connectivity index (χ0) is 19.5. The molecule has 0 N–H and O–H groups in total. The highest BCUT2D eigenvalue weighted by Crippen LogP contribution is 2.25. The summed E-state index contributed by atoms with van der Waals surface area (Å²) in [6.45, 7) is 4.07. The van der Waals surface area contributed by atoms with Crippen LogP contribution in [-0.2, 0) is 16.1 Å². The number of benzene rings is 2. The lowest BCUT2D eigenvalue weighted by molar-refractivity contribution is -0.140. The third-order valence-corrected chi connectivity index (χ3v) is 5.02. The van der Waals surface area contributed by atoms with E-state index in [0.29, 0.717) is 36.3 Å². The number of fused-ring (bicyclic) bond motifs is 1. The van der Waals surface area contributed by atoms with E-state index in [1.54, 1.807) is 27.8 Å². The van der Waals surface area contributed by atoms with Gasteiger partial charge in [-0.05, 0) is 38.0 Å². The predicted molar refractivity (Wildman–Crippen MR) is 104 cm³/mol. The molecule has 0 radical (unpaired) electrons. The van der Waals surface area contributed by atoms with Gasteiger partial charge in [0.2, 0.25) is 6.10 Å². The Labute approximate surface area is 162 Å². The maximum Gasteiger partial charge on any atom is 0.339 e. The molecular weight excluding hydrogens is 356 g/mol. The molecule has 3 aromatic rings. The molecule has 1 aromatic heterocycles. The summed E-state index contributed by atoms with van der Waals surface area (Å²) in [7, 11) is 0. The first-order valence-electron chi connectivity index (χ1n) is 9.55. The number of hydrogen-bond donors (Lipinski definition) is 0. The smallest absolute Gasteiger partial charge is 0.339 e. The largest absolute Gasteiger partial charge is 0.444 e. The highest BCUT2D eigenvalue weighted by Gasteiger charge is 2.31. The molecule has 7 heteroatoms. The van der Waals surface area contributed by atoms with Gasteiger partial charge in [0.25, 0.3) is 5.91 Å². The Hall–Kier alpha value is -3.22. The first-order valence-corrected chi connectivity index (χ1v) is 9.55. The third kappa shape index (κ3) is 3.47. The molecule has 7 nitrogen and oxygen atoms in total. The van der Waals surface area contributed by atoms with Gasteiger partial charge in [-0.2, -0.15) is 0 Å². The van der Waals surface area contributed by atoms with E-state index in [-0.39, 0.29) is 5.91 Å². The van der Waals surface area contributed by atoms with Gasteiger partial charge in [0.1, 0.15) is 5.52 Å². The van der Waals surface area contributed by atoms with Crippen molar-refractivity contribution in [3.8, 4) is 0 Å². The molecule has 28 heavy (non-hydrogen) atoms. The average Bonchev–Trinajstić information content (AvgIpc) is 3.41. The number of aryl methyl sites for hydroxylation is 1. The number of aromatic nitrogens is 3. The van der Waals surface area contributed by atoms with Crippen LogP contribution in [0.1, 0.15) is 41.8 Å². The first kappa shape index (κ1) is 18.2. The van der Waals surface area contributed by atoms with Crippen LogP contribution < -0.4 is 0 Å². The molecule has 1 saturated heterocycles. The average molecular weight is 378 g/mol. The Morgan fingerprint density at radius 2 is 1.86 bits per heavy atom. The van der Waals surface area contributed by atoms with Crippen molar-refractivity contribution in [2.45, 2.75) is 32.4 Å². The monoisotopic (exact) mass is 378 g/mol. The molecule has 1 atom stereocenters. The van der Waals surface area contributed by atoms with Crippen LogP contribution >= 0.6 is 0 Å². The Bertz CT molecular complexity index is 993. The minimum absolute atomic E-state index is 0.171. The molecule has 0 spiro atoms. The van der Waals surface area contributed by atoms with Crippen molar-refractivity contribution in [3.05, 3.63) is 59.7 Å². The van der Waals surface area contributed by atoms with Gasteiger partial charge in [-0.1, -0.05) is 35.5 Å². The molecule has 4 rings (SSSR count). The number of rotatable bonds is 5. The number of carbonyl (C=O) groups excluding carboxylic acids is 2. The van der Waals surface area contributed by atoms with Crippen molar-refractivity contribution in [1.82, 2.24) is 19.9 Å². The second-order valence-electron chi connectivity index (χ2n) is 6.84. The minimum atomic E-state index is -0.950. The molecule has 144 valence electrons. The van der Waals surface area contributed by atoms with Crippen LogP contribution in [0.2, 0.25) is 0 Å². The van der Waals surface area contributed by atoms with Crippen LogP contribution in [0.4, 0.5) is 0 Å². The molecule has 2 aromatic carbocycles. The summed E-state index contributed by atoms with van der Waals surface area (Å²) >= 11 is 0.